The molecular weight excluding hydrogens is 265 g/mol. The van der Waals surface area contributed by atoms with E-state index in [-0.39, 0.29) is 12.5 Å². The number of rotatable bonds is 4. The molecule has 80 valence electrons. The molecular formula is C10H15BrFNS. The molecule has 0 aliphatic rings. The number of nitrogens with two attached hydrogens (primary N) is 1. The molecule has 0 amide bonds. The fraction of sp³-hybridized carbons (Fsp3) is 0.600. The number of hydrogen-bond acceptors (Lipinski definition) is 2. The van der Waals surface area contributed by atoms with Gasteiger partial charge in [-0.3, -0.25) is 0 Å². The predicted octanol–water partition coefficient (Wildman–Crippen LogP) is 3.38. The topological polar surface area (TPSA) is 26.0 Å². The quantitative estimate of drug-likeness (QED) is 0.899. The molecule has 0 radical (unpaired) electrons. The number of hydrogen-bond donors (Lipinski definition) is 1. The summed E-state index contributed by atoms with van der Waals surface area (Å²) in [7, 11) is 0. The van der Waals surface area contributed by atoms with Gasteiger partial charge in [-0.05, 0) is 34.0 Å². The maximum Gasteiger partial charge on any atom is 0.130 e. The van der Waals surface area contributed by atoms with Crippen molar-refractivity contribution in [1.82, 2.24) is 0 Å². The van der Waals surface area contributed by atoms with Crippen LogP contribution in [0.1, 0.15) is 18.7 Å². The van der Waals surface area contributed by atoms with Crippen LogP contribution in [0.4, 0.5) is 4.39 Å². The van der Waals surface area contributed by atoms with Crippen molar-refractivity contribution in [3.63, 3.8) is 0 Å². The van der Waals surface area contributed by atoms with Crippen LogP contribution in [0.25, 0.3) is 0 Å². The van der Waals surface area contributed by atoms with E-state index in [9.17, 15) is 4.39 Å². The molecule has 0 aliphatic carbocycles. The average molecular weight is 280 g/mol. The maximum absolute atomic E-state index is 14.2. The molecule has 0 bridgehead atoms. The minimum atomic E-state index is -1.27. The highest BCUT2D eigenvalue weighted by Crippen LogP contribution is 2.30. The molecule has 0 fully saturated rings. The normalized spacial score (nSPS) is 15.9. The lowest BCUT2D eigenvalue weighted by atomic mass is 9.88. The molecule has 0 aromatic carbocycles. The second-order valence-corrected chi connectivity index (χ2v) is 6.32. The van der Waals surface area contributed by atoms with Crippen molar-refractivity contribution in [2.75, 3.05) is 6.54 Å². The summed E-state index contributed by atoms with van der Waals surface area (Å²) in [5, 5.41) is 0. The summed E-state index contributed by atoms with van der Waals surface area (Å²) in [4.78, 5) is 1.04. The van der Waals surface area contributed by atoms with Crippen molar-refractivity contribution in [3.8, 4) is 0 Å². The second-order valence-electron chi connectivity index (χ2n) is 3.78. The van der Waals surface area contributed by atoms with Gasteiger partial charge in [0, 0.05) is 17.8 Å². The first-order chi connectivity index (χ1) is 6.48. The molecule has 1 heterocycles. The van der Waals surface area contributed by atoms with Gasteiger partial charge in [-0.25, -0.2) is 4.39 Å². The summed E-state index contributed by atoms with van der Waals surface area (Å²) >= 11 is 4.93. The monoisotopic (exact) mass is 279 g/mol. The van der Waals surface area contributed by atoms with E-state index in [0.717, 1.165) is 8.66 Å². The van der Waals surface area contributed by atoms with E-state index in [1.165, 1.54) is 0 Å². The van der Waals surface area contributed by atoms with Crippen molar-refractivity contribution >= 4 is 27.3 Å². The molecule has 1 rings (SSSR count). The van der Waals surface area contributed by atoms with E-state index < -0.39 is 5.67 Å². The molecule has 1 aromatic rings. The first-order valence-electron chi connectivity index (χ1n) is 4.61. The average Bonchev–Trinajstić information content (AvgIpc) is 2.50. The van der Waals surface area contributed by atoms with E-state index >= 15 is 0 Å². The Bertz CT molecular complexity index is 300. The van der Waals surface area contributed by atoms with Crippen LogP contribution >= 0.6 is 27.3 Å². The lowest BCUT2D eigenvalue weighted by Gasteiger charge is -2.27. The van der Waals surface area contributed by atoms with Crippen molar-refractivity contribution in [2.45, 2.75) is 25.9 Å². The lowest BCUT2D eigenvalue weighted by molar-refractivity contribution is 0.111. The van der Waals surface area contributed by atoms with Crippen LogP contribution in [-0.4, -0.2) is 12.2 Å². The van der Waals surface area contributed by atoms with E-state index in [2.05, 4.69) is 15.9 Å². The Morgan fingerprint density at radius 3 is 2.57 bits per heavy atom. The van der Waals surface area contributed by atoms with Crippen molar-refractivity contribution < 1.29 is 4.39 Å². The first-order valence-corrected chi connectivity index (χ1v) is 6.22. The highest BCUT2D eigenvalue weighted by Gasteiger charge is 2.32. The number of thiophene rings is 1. The zero-order chi connectivity index (χ0) is 10.8. The standard InChI is InChI=1S/C10H15BrFNS/c1-7(2)10(12,6-13)5-8-3-4-9(11)14-8/h3-4,7H,5-6,13H2,1-2H3. The summed E-state index contributed by atoms with van der Waals surface area (Å²) in [5.74, 6) is -0.0478. The van der Waals surface area contributed by atoms with Crippen LogP contribution in [-0.2, 0) is 6.42 Å². The van der Waals surface area contributed by atoms with Crippen LogP contribution in [0.15, 0.2) is 15.9 Å². The van der Waals surface area contributed by atoms with Crippen LogP contribution in [0.5, 0.6) is 0 Å². The van der Waals surface area contributed by atoms with Crippen LogP contribution in [0.3, 0.4) is 0 Å². The van der Waals surface area contributed by atoms with Gasteiger partial charge in [0.05, 0.1) is 3.79 Å². The van der Waals surface area contributed by atoms with E-state index in [1.807, 2.05) is 26.0 Å². The Morgan fingerprint density at radius 1 is 1.57 bits per heavy atom. The maximum atomic E-state index is 14.2. The molecule has 0 aliphatic heterocycles. The smallest absolute Gasteiger partial charge is 0.130 e. The van der Waals surface area contributed by atoms with Gasteiger partial charge >= 0.3 is 0 Å². The third-order valence-corrected chi connectivity index (χ3v) is 4.09. The highest BCUT2D eigenvalue weighted by atomic mass is 79.9. The van der Waals surface area contributed by atoms with Crippen molar-refractivity contribution in [2.24, 2.45) is 11.7 Å². The van der Waals surface area contributed by atoms with Gasteiger partial charge < -0.3 is 5.73 Å². The molecule has 0 saturated carbocycles. The first kappa shape index (κ1) is 12.1. The molecule has 1 atom stereocenters. The van der Waals surface area contributed by atoms with Gasteiger partial charge in [0.2, 0.25) is 0 Å². The van der Waals surface area contributed by atoms with Crippen molar-refractivity contribution in [3.05, 3.63) is 20.8 Å². The van der Waals surface area contributed by atoms with Gasteiger partial charge in [-0.2, -0.15) is 0 Å². The van der Waals surface area contributed by atoms with Crippen LogP contribution < -0.4 is 5.73 Å². The zero-order valence-electron chi connectivity index (χ0n) is 8.39. The summed E-state index contributed by atoms with van der Waals surface area (Å²) in [5.41, 5.74) is 4.21. The van der Waals surface area contributed by atoms with Gasteiger partial charge in [-0.15, -0.1) is 11.3 Å². The molecule has 1 nitrogen and oxygen atoms in total. The van der Waals surface area contributed by atoms with Crippen LogP contribution in [0.2, 0.25) is 0 Å². The molecule has 1 unspecified atom stereocenters. The van der Waals surface area contributed by atoms with E-state index in [0.29, 0.717) is 6.42 Å². The fourth-order valence-electron chi connectivity index (χ4n) is 1.25. The zero-order valence-corrected chi connectivity index (χ0v) is 10.8. The van der Waals surface area contributed by atoms with Gasteiger partial charge in [0.15, 0.2) is 0 Å². The SMILES string of the molecule is CC(C)C(F)(CN)Cc1ccc(Br)s1. The minimum absolute atomic E-state index is 0.0478. The predicted molar refractivity (Wildman–Crippen MR) is 63.5 cm³/mol. The summed E-state index contributed by atoms with van der Waals surface area (Å²) in [6, 6.07) is 3.89. The second kappa shape index (κ2) is 4.73. The van der Waals surface area contributed by atoms with Gasteiger partial charge in [-0.1, -0.05) is 13.8 Å². The lowest BCUT2D eigenvalue weighted by Crippen LogP contribution is -2.40. The van der Waals surface area contributed by atoms with Gasteiger partial charge in [0.25, 0.3) is 0 Å². The summed E-state index contributed by atoms with van der Waals surface area (Å²) < 4.78 is 15.2. The highest BCUT2D eigenvalue weighted by molar-refractivity contribution is 9.11. The summed E-state index contributed by atoms with van der Waals surface area (Å²) in [6.45, 7) is 3.82. The Balaban J connectivity index is 2.75. The molecule has 14 heavy (non-hydrogen) atoms. The Kier molecular flexibility index (Phi) is 4.10. The third kappa shape index (κ3) is 2.78. The van der Waals surface area contributed by atoms with E-state index in [1.54, 1.807) is 11.3 Å². The molecule has 1 aromatic heterocycles. The largest absolute Gasteiger partial charge is 0.328 e. The molecule has 0 saturated heterocycles. The van der Waals surface area contributed by atoms with Crippen LogP contribution in [0, 0.1) is 5.92 Å². The Labute approximate surface area is 96.6 Å². The Hall–Kier alpha value is 0.0700. The molecule has 2 N–H and O–H groups in total. The molecule has 0 spiro atoms. The summed E-state index contributed by atoms with van der Waals surface area (Å²) in [6.07, 6.45) is 0.414. The number of halogens is 2. The van der Waals surface area contributed by atoms with Gasteiger partial charge in [0.1, 0.15) is 5.67 Å². The van der Waals surface area contributed by atoms with E-state index in [4.69, 9.17) is 5.73 Å². The third-order valence-electron chi connectivity index (χ3n) is 2.47. The van der Waals surface area contributed by atoms with Crippen molar-refractivity contribution in [1.29, 1.82) is 0 Å². The molecule has 4 heteroatoms. The Morgan fingerprint density at radius 2 is 2.21 bits per heavy atom. The fourth-order valence-corrected chi connectivity index (χ4v) is 2.84. The minimum Gasteiger partial charge on any atom is -0.328 e. The number of alkyl halides is 1.